The van der Waals surface area contributed by atoms with Crippen molar-refractivity contribution in [1.29, 1.82) is 0 Å². The van der Waals surface area contributed by atoms with Crippen molar-refractivity contribution in [3.05, 3.63) is 59.7 Å². The zero-order valence-electron chi connectivity index (χ0n) is 14.5. The van der Waals surface area contributed by atoms with Crippen LogP contribution in [-0.4, -0.2) is 25.3 Å². The van der Waals surface area contributed by atoms with E-state index in [0.717, 1.165) is 22.0 Å². The summed E-state index contributed by atoms with van der Waals surface area (Å²) in [5.41, 5.74) is 7.25. The Bertz CT molecular complexity index is 665. The molecule has 0 saturated carbocycles. The molecule has 2 aromatic carbocycles. The Morgan fingerprint density at radius 2 is 1.88 bits per heavy atom. The molecule has 0 heterocycles. The number of benzene rings is 2. The van der Waals surface area contributed by atoms with Crippen molar-refractivity contribution in [1.82, 2.24) is 5.32 Å². The van der Waals surface area contributed by atoms with Crippen molar-refractivity contribution in [2.24, 2.45) is 11.7 Å². The van der Waals surface area contributed by atoms with E-state index < -0.39 is 0 Å². The van der Waals surface area contributed by atoms with Crippen molar-refractivity contribution < 1.29 is 9.53 Å². The summed E-state index contributed by atoms with van der Waals surface area (Å²) in [7, 11) is 1.68. The lowest BCUT2D eigenvalue weighted by atomic mass is 10.1. The minimum absolute atomic E-state index is 0. The quantitative estimate of drug-likeness (QED) is 0.685. The van der Waals surface area contributed by atoms with E-state index in [4.69, 9.17) is 10.5 Å². The van der Waals surface area contributed by atoms with Crippen molar-refractivity contribution in [3.63, 3.8) is 0 Å². The molecule has 0 fully saturated rings. The van der Waals surface area contributed by atoms with Gasteiger partial charge in [0, 0.05) is 29.3 Å². The zero-order chi connectivity index (χ0) is 17.4. The number of halogens is 1. The van der Waals surface area contributed by atoms with Crippen molar-refractivity contribution >= 4 is 30.1 Å². The number of hydrogen-bond donors (Lipinski definition) is 2. The molecule has 1 unspecified atom stereocenters. The molecule has 2 aromatic rings. The van der Waals surface area contributed by atoms with E-state index in [0.29, 0.717) is 24.6 Å². The van der Waals surface area contributed by atoms with E-state index >= 15 is 0 Å². The zero-order valence-corrected chi connectivity index (χ0v) is 16.2. The van der Waals surface area contributed by atoms with Gasteiger partial charge in [-0.2, -0.15) is 0 Å². The number of hydrogen-bond acceptors (Lipinski definition) is 4. The molecule has 0 radical (unpaired) electrons. The second-order valence-electron chi connectivity index (χ2n) is 5.68. The molecule has 136 valence electrons. The normalized spacial score (nSPS) is 11.3. The Morgan fingerprint density at radius 3 is 2.52 bits per heavy atom. The summed E-state index contributed by atoms with van der Waals surface area (Å²) < 4.78 is 5.35. The molecule has 0 aromatic heterocycles. The molecule has 0 bridgehead atoms. The predicted molar refractivity (Wildman–Crippen MR) is 107 cm³/mol. The molecule has 25 heavy (non-hydrogen) atoms. The molecular weight excluding hydrogens is 356 g/mol. The van der Waals surface area contributed by atoms with Crippen LogP contribution in [0.1, 0.15) is 22.8 Å². The van der Waals surface area contributed by atoms with Crippen molar-refractivity contribution in [2.75, 3.05) is 19.4 Å². The first-order valence-electron chi connectivity index (χ1n) is 7.97. The van der Waals surface area contributed by atoms with Crippen LogP contribution in [0.2, 0.25) is 0 Å². The lowest BCUT2D eigenvalue weighted by Crippen LogP contribution is -2.29. The number of amides is 1. The molecule has 1 atom stereocenters. The Labute approximate surface area is 159 Å². The van der Waals surface area contributed by atoms with Gasteiger partial charge in [0.05, 0.1) is 7.11 Å². The fourth-order valence-corrected chi connectivity index (χ4v) is 3.24. The van der Waals surface area contributed by atoms with E-state index in [1.165, 1.54) is 0 Å². The molecule has 0 aliphatic carbocycles. The van der Waals surface area contributed by atoms with E-state index in [9.17, 15) is 4.79 Å². The average Bonchev–Trinajstić information content (AvgIpc) is 2.64. The number of ether oxygens (including phenoxy) is 1. The first kappa shape index (κ1) is 21.4. The second-order valence-corrected chi connectivity index (χ2v) is 6.74. The van der Waals surface area contributed by atoms with Crippen LogP contribution in [0.25, 0.3) is 0 Å². The Hall–Kier alpha value is -1.69. The number of methoxy groups -OCH3 is 1. The van der Waals surface area contributed by atoms with Crippen LogP contribution >= 0.6 is 24.2 Å². The third-order valence-corrected chi connectivity index (χ3v) is 5.04. The van der Waals surface area contributed by atoms with Crippen LogP contribution in [-0.2, 0) is 6.54 Å². The lowest BCUT2D eigenvalue weighted by molar-refractivity contribution is 0.0949. The predicted octanol–water partition coefficient (Wildman–Crippen LogP) is 3.73. The van der Waals surface area contributed by atoms with E-state index in [1.807, 2.05) is 48.5 Å². The van der Waals surface area contributed by atoms with E-state index in [1.54, 1.807) is 18.9 Å². The molecule has 0 aliphatic rings. The van der Waals surface area contributed by atoms with Crippen LogP contribution in [0.3, 0.4) is 0 Å². The highest BCUT2D eigenvalue weighted by atomic mass is 35.5. The molecule has 6 heteroatoms. The van der Waals surface area contributed by atoms with E-state index in [2.05, 4.69) is 12.2 Å². The van der Waals surface area contributed by atoms with Crippen LogP contribution in [0.4, 0.5) is 0 Å². The molecule has 0 spiro atoms. The summed E-state index contributed by atoms with van der Waals surface area (Å²) >= 11 is 1.74. The molecule has 3 N–H and O–H groups in total. The Morgan fingerprint density at radius 1 is 1.20 bits per heavy atom. The number of rotatable bonds is 8. The van der Waals surface area contributed by atoms with E-state index in [-0.39, 0.29) is 18.3 Å². The van der Waals surface area contributed by atoms with Gasteiger partial charge in [-0.15, -0.1) is 24.2 Å². The first-order chi connectivity index (χ1) is 11.6. The number of thioether (sulfide) groups is 1. The summed E-state index contributed by atoms with van der Waals surface area (Å²) in [6, 6.07) is 15.4. The summed E-state index contributed by atoms with van der Waals surface area (Å²) in [5.74, 6) is 2.10. The number of para-hydroxylation sites is 1. The number of carbonyl (C=O) groups is 1. The maximum atomic E-state index is 12.2. The van der Waals surface area contributed by atoms with Gasteiger partial charge in [0.1, 0.15) is 5.75 Å². The maximum Gasteiger partial charge on any atom is 0.251 e. The molecule has 1 amide bonds. The third kappa shape index (κ3) is 6.61. The minimum Gasteiger partial charge on any atom is -0.496 e. The molecule has 4 nitrogen and oxygen atoms in total. The van der Waals surface area contributed by atoms with Crippen LogP contribution in [0.15, 0.2) is 53.4 Å². The van der Waals surface area contributed by atoms with Crippen LogP contribution in [0.5, 0.6) is 5.75 Å². The van der Waals surface area contributed by atoms with Crippen LogP contribution < -0.4 is 15.8 Å². The van der Waals surface area contributed by atoms with Crippen LogP contribution in [0, 0.1) is 5.92 Å². The number of nitrogens with one attached hydrogen (secondary N) is 1. The molecule has 0 aliphatic heterocycles. The first-order valence-corrected chi connectivity index (χ1v) is 8.95. The lowest BCUT2D eigenvalue weighted by Gasteiger charge is -2.14. The Kier molecular flexibility index (Phi) is 9.42. The fourth-order valence-electron chi connectivity index (χ4n) is 2.19. The number of nitrogens with two attached hydrogens (primary N) is 1. The second kappa shape index (κ2) is 11.0. The molecule has 0 saturated heterocycles. The molecule has 2 rings (SSSR count). The van der Waals surface area contributed by atoms with Gasteiger partial charge in [-0.05, 0) is 35.7 Å². The highest BCUT2D eigenvalue weighted by Crippen LogP contribution is 2.29. The summed E-state index contributed by atoms with van der Waals surface area (Å²) in [5, 5.41) is 2.99. The van der Waals surface area contributed by atoms with Gasteiger partial charge in [-0.1, -0.05) is 31.2 Å². The topological polar surface area (TPSA) is 64.3 Å². The smallest absolute Gasteiger partial charge is 0.251 e. The van der Waals surface area contributed by atoms with Gasteiger partial charge < -0.3 is 15.8 Å². The SMILES string of the molecule is COc1ccccc1SCC(C)CNC(=O)c1ccc(CN)cc1.Cl. The number of carbonyl (C=O) groups excluding carboxylic acids is 1. The fraction of sp³-hybridized carbons (Fsp3) is 0.316. The molecular formula is C19H25ClN2O2S. The van der Waals surface area contributed by atoms with Gasteiger partial charge in [0.15, 0.2) is 0 Å². The summed E-state index contributed by atoms with van der Waals surface area (Å²) in [6.45, 7) is 3.25. The third-order valence-electron chi connectivity index (χ3n) is 3.66. The highest BCUT2D eigenvalue weighted by molar-refractivity contribution is 7.99. The minimum atomic E-state index is -0.0484. The summed E-state index contributed by atoms with van der Waals surface area (Å²) in [4.78, 5) is 13.3. The van der Waals surface area contributed by atoms with Crippen molar-refractivity contribution in [3.8, 4) is 5.75 Å². The van der Waals surface area contributed by atoms with Gasteiger partial charge in [0.25, 0.3) is 5.91 Å². The average molecular weight is 381 g/mol. The van der Waals surface area contributed by atoms with Gasteiger partial charge in [-0.3, -0.25) is 4.79 Å². The van der Waals surface area contributed by atoms with Gasteiger partial charge >= 0.3 is 0 Å². The van der Waals surface area contributed by atoms with Gasteiger partial charge in [-0.25, -0.2) is 0 Å². The largest absolute Gasteiger partial charge is 0.496 e. The monoisotopic (exact) mass is 380 g/mol. The standard InChI is InChI=1S/C19H24N2O2S.ClH/c1-14(13-24-18-6-4-3-5-17(18)23-2)12-21-19(22)16-9-7-15(11-20)8-10-16;/h3-10,14H,11-13,20H2,1-2H3,(H,21,22);1H. The maximum absolute atomic E-state index is 12.2. The Balaban J connectivity index is 0.00000312. The highest BCUT2D eigenvalue weighted by Gasteiger charge is 2.10. The van der Waals surface area contributed by atoms with Gasteiger partial charge in [0.2, 0.25) is 0 Å². The van der Waals surface area contributed by atoms with Crippen molar-refractivity contribution in [2.45, 2.75) is 18.4 Å². The summed E-state index contributed by atoms with van der Waals surface area (Å²) in [6.07, 6.45) is 0.